The number of nitrogens with zero attached hydrogens (tertiary/aromatic N) is 2. The molecule has 1 aliphatic rings. The highest BCUT2D eigenvalue weighted by atomic mass is 35.5. The van der Waals surface area contributed by atoms with E-state index in [9.17, 15) is 14.0 Å². The monoisotopic (exact) mass is 381 g/mol. The van der Waals surface area contributed by atoms with Gasteiger partial charge in [0.15, 0.2) is 5.16 Å². The zero-order valence-electron chi connectivity index (χ0n) is 13.8. The van der Waals surface area contributed by atoms with Crippen LogP contribution in [0.2, 0.25) is 5.02 Å². The maximum absolute atomic E-state index is 13.2. The molecule has 0 fully saturated rings. The first-order valence-corrected chi connectivity index (χ1v) is 9.22. The number of amides is 1. The van der Waals surface area contributed by atoms with Gasteiger partial charge in [0.25, 0.3) is 5.56 Å². The van der Waals surface area contributed by atoms with Crippen molar-refractivity contribution in [3.63, 3.8) is 0 Å². The van der Waals surface area contributed by atoms with Crippen LogP contribution in [-0.2, 0) is 4.79 Å². The van der Waals surface area contributed by atoms with Crippen LogP contribution >= 0.6 is 23.4 Å². The van der Waals surface area contributed by atoms with Crippen molar-refractivity contribution in [3.8, 4) is 0 Å². The zero-order chi connectivity index (χ0) is 18.1. The van der Waals surface area contributed by atoms with Crippen LogP contribution in [0.1, 0.15) is 37.9 Å². The molecule has 2 aromatic rings. The first-order valence-electron chi connectivity index (χ1n) is 7.86. The molecule has 3 rings (SSSR count). The summed E-state index contributed by atoms with van der Waals surface area (Å²) in [5.74, 6) is -0.0217. The largest absolute Gasteiger partial charge is 0.326 e. The molecule has 1 aromatic heterocycles. The molecule has 2 heterocycles. The van der Waals surface area contributed by atoms with E-state index in [1.54, 1.807) is 4.57 Å². The fourth-order valence-electron chi connectivity index (χ4n) is 2.62. The van der Waals surface area contributed by atoms with Gasteiger partial charge in [0, 0.05) is 23.9 Å². The molecule has 0 spiro atoms. The normalized spacial score (nSPS) is 16.1. The fourth-order valence-corrected chi connectivity index (χ4v) is 3.95. The van der Waals surface area contributed by atoms with Crippen LogP contribution < -0.4 is 10.9 Å². The minimum Gasteiger partial charge on any atom is -0.326 e. The van der Waals surface area contributed by atoms with Crippen LogP contribution in [0.3, 0.4) is 0 Å². The topological polar surface area (TPSA) is 64.0 Å². The third-order valence-electron chi connectivity index (χ3n) is 3.93. The van der Waals surface area contributed by atoms with Gasteiger partial charge >= 0.3 is 0 Å². The Balaban J connectivity index is 1.74. The summed E-state index contributed by atoms with van der Waals surface area (Å²) >= 11 is 7.19. The third-order valence-corrected chi connectivity index (χ3v) is 5.31. The van der Waals surface area contributed by atoms with E-state index in [1.165, 1.54) is 36.0 Å². The van der Waals surface area contributed by atoms with Gasteiger partial charge in [0.2, 0.25) is 5.91 Å². The van der Waals surface area contributed by atoms with Gasteiger partial charge in [-0.2, -0.15) is 0 Å². The maximum atomic E-state index is 13.2. The lowest BCUT2D eigenvalue weighted by Crippen LogP contribution is -2.28. The lowest BCUT2D eigenvalue weighted by Gasteiger charge is -2.14. The van der Waals surface area contributed by atoms with E-state index in [0.717, 1.165) is 5.69 Å². The fraction of sp³-hybridized carbons (Fsp3) is 0.353. The lowest BCUT2D eigenvalue weighted by atomic mass is 10.1. The molecule has 0 saturated carbocycles. The Hall–Kier alpha value is -1.86. The Morgan fingerprint density at radius 1 is 1.48 bits per heavy atom. The summed E-state index contributed by atoms with van der Waals surface area (Å²) in [6.07, 6.45) is 0.137. The minimum absolute atomic E-state index is 0.0544. The highest BCUT2D eigenvalue weighted by Crippen LogP contribution is 2.33. The van der Waals surface area contributed by atoms with Crippen LogP contribution in [0.15, 0.2) is 34.2 Å². The number of benzene rings is 1. The van der Waals surface area contributed by atoms with E-state index in [0.29, 0.717) is 16.6 Å². The van der Waals surface area contributed by atoms with Gasteiger partial charge in [-0.05, 0) is 24.1 Å². The molecule has 8 heteroatoms. The second kappa shape index (κ2) is 7.17. The van der Waals surface area contributed by atoms with Crippen LogP contribution in [0.5, 0.6) is 0 Å². The first-order chi connectivity index (χ1) is 11.8. The number of rotatable bonds is 4. The number of hydrogen-bond donors (Lipinski definition) is 1. The van der Waals surface area contributed by atoms with E-state index in [2.05, 4.69) is 10.3 Å². The quantitative estimate of drug-likeness (QED) is 0.817. The average molecular weight is 382 g/mol. The van der Waals surface area contributed by atoms with Crippen molar-refractivity contribution in [3.05, 3.63) is 51.2 Å². The number of thioether (sulfide) groups is 1. The molecule has 1 aromatic carbocycles. The van der Waals surface area contributed by atoms with Gasteiger partial charge in [0.05, 0.1) is 16.8 Å². The van der Waals surface area contributed by atoms with Crippen molar-refractivity contribution < 1.29 is 9.18 Å². The number of carbonyl (C=O) groups excluding carboxylic acids is 1. The third kappa shape index (κ3) is 3.88. The Morgan fingerprint density at radius 3 is 2.92 bits per heavy atom. The molecule has 0 bridgehead atoms. The second-order valence-corrected chi connectivity index (χ2v) is 7.57. The van der Waals surface area contributed by atoms with E-state index >= 15 is 0 Å². The summed E-state index contributed by atoms with van der Waals surface area (Å²) in [6.45, 7) is 3.97. The summed E-state index contributed by atoms with van der Waals surface area (Å²) in [5, 5.41) is 3.28. The summed E-state index contributed by atoms with van der Waals surface area (Å²) in [7, 11) is 0. The number of halogens is 2. The molecule has 1 unspecified atom stereocenters. The number of carbonyl (C=O) groups is 1. The SMILES string of the molecule is CC(C)c1cc(=O)n2c(n1)SCC2CC(=O)Nc1ccc(F)c(Cl)c1. The number of aromatic nitrogens is 2. The van der Waals surface area contributed by atoms with Gasteiger partial charge in [-0.1, -0.05) is 37.2 Å². The van der Waals surface area contributed by atoms with Gasteiger partial charge in [-0.15, -0.1) is 0 Å². The molecule has 132 valence electrons. The summed E-state index contributed by atoms with van der Waals surface area (Å²) < 4.78 is 14.7. The van der Waals surface area contributed by atoms with Gasteiger partial charge in [0.1, 0.15) is 5.82 Å². The molecule has 1 amide bonds. The predicted molar refractivity (Wildman–Crippen MR) is 97.0 cm³/mol. The molecular formula is C17H17ClFN3O2S. The number of nitrogens with one attached hydrogen (secondary N) is 1. The average Bonchev–Trinajstić information content (AvgIpc) is 2.94. The summed E-state index contributed by atoms with van der Waals surface area (Å²) in [4.78, 5) is 29.2. The maximum Gasteiger partial charge on any atom is 0.254 e. The minimum atomic E-state index is -0.542. The van der Waals surface area contributed by atoms with Crippen molar-refractivity contribution in [1.29, 1.82) is 0 Å². The van der Waals surface area contributed by atoms with Crippen molar-refractivity contribution in [2.75, 3.05) is 11.1 Å². The van der Waals surface area contributed by atoms with E-state index < -0.39 is 5.82 Å². The molecule has 1 aliphatic heterocycles. The second-order valence-electron chi connectivity index (χ2n) is 6.17. The molecule has 25 heavy (non-hydrogen) atoms. The van der Waals surface area contributed by atoms with Crippen LogP contribution in [0.25, 0.3) is 0 Å². The highest BCUT2D eigenvalue weighted by Gasteiger charge is 2.28. The lowest BCUT2D eigenvalue weighted by molar-refractivity contribution is -0.116. The van der Waals surface area contributed by atoms with Gasteiger partial charge in [-0.3, -0.25) is 14.2 Å². The van der Waals surface area contributed by atoms with Crippen molar-refractivity contribution in [1.82, 2.24) is 9.55 Å². The van der Waals surface area contributed by atoms with E-state index in [1.807, 2.05) is 13.8 Å². The van der Waals surface area contributed by atoms with Crippen molar-refractivity contribution in [2.24, 2.45) is 0 Å². The molecular weight excluding hydrogens is 365 g/mol. The van der Waals surface area contributed by atoms with E-state index in [-0.39, 0.29) is 34.9 Å². The first kappa shape index (κ1) is 17.9. The molecule has 0 aliphatic carbocycles. The number of hydrogen-bond acceptors (Lipinski definition) is 4. The Kier molecular flexibility index (Phi) is 5.15. The summed E-state index contributed by atoms with van der Waals surface area (Å²) in [5.41, 5.74) is 1.04. The highest BCUT2D eigenvalue weighted by molar-refractivity contribution is 7.99. The van der Waals surface area contributed by atoms with Crippen LogP contribution in [0, 0.1) is 5.82 Å². The Morgan fingerprint density at radius 2 is 2.24 bits per heavy atom. The number of fused-ring (bicyclic) bond motifs is 1. The van der Waals surface area contributed by atoms with Gasteiger partial charge < -0.3 is 5.32 Å². The van der Waals surface area contributed by atoms with Gasteiger partial charge in [-0.25, -0.2) is 9.37 Å². The number of anilines is 1. The van der Waals surface area contributed by atoms with Crippen molar-refractivity contribution in [2.45, 2.75) is 37.4 Å². The molecule has 0 saturated heterocycles. The Labute approximate surface area is 153 Å². The molecule has 5 nitrogen and oxygen atoms in total. The molecule has 1 N–H and O–H groups in total. The standard InChI is InChI=1S/C17H17ClFN3O2S/c1-9(2)14-7-16(24)22-11(8-25-17(22)21-14)6-15(23)20-10-3-4-13(19)12(18)5-10/h3-5,7,9,11H,6,8H2,1-2H3,(H,20,23). The van der Waals surface area contributed by atoms with Crippen LogP contribution in [0.4, 0.5) is 10.1 Å². The molecule has 1 atom stereocenters. The Bertz CT molecular complexity index is 885. The summed E-state index contributed by atoms with van der Waals surface area (Å²) in [6, 6.07) is 5.27. The van der Waals surface area contributed by atoms with E-state index in [4.69, 9.17) is 11.6 Å². The van der Waals surface area contributed by atoms with Crippen LogP contribution in [-0.4, -0.2) is 21.2 Å². The van der Waals surface area contributed by atoms with Crippen molar-refractivity contribution >= 4 is 35.0 Å². The molecule has 0 radical (unpaired) electrons. The predicted octanol–water partition coefficient (Wildman–Crippen LogP) is 3.83. The zero-order valence-corrected chi connectivity index (χ0v) is 15.3. The smallest absolute Gasteiger partial charge is 0.254 e.